The van der Waals surface area contributed by atoms with Crippen LogP contribution < -0.4 is 10.0 Å². The lowest BCUT2D eigenvalue weighted by atomic mass is 9.97. The summed E-state index contributed by atoms with van der Waals surface area (Å²) in [5, 5.41) is 3.40. The fourth-order valence-electron chi connectivity index (χ4n) is 2.45. The number of hydrogen-bond acceptors (Lipinski definition) is 4. The van der Waals surface area contributed by atoms with Crippen molar-refractivity contribution in [3.8, 4) is 0 Å². The Balaban J connectivity index is 1.65. The maximum atomic E-state index is 12.0. The van der Waals surface area contributed by atoms with Gasteiger partial charge in [0.1, 0.15) is 0 Å². The summed E-state index contributed by atoms with van der Waals surface area (Å²) in [6.07, 6.45) is 5.97. The Morgan fingerprint density at radius 1 is 1.32 bits per heavy atom. The van der Waals surface area contributed by atoms with Gasteiger partial charge in [-0.2, -0.15) is 0 Å². The molecule has 6 heteroatoms. The molecule has 112 valence electrons. The Kier molecular flexibility index (Phi) is 5.22. The third kappa shape index (κ3) is 5.77. The minimum absolute atomic E-state index is 0.217. The van der Waals surface area contributed by atoms with Crippen LogP contribution in [0.1, 0.15) is 45.4 Å². The number of unbranched alkanes of at least 4 members (excludes halogenated alkanes) is 1. The molecule has 0 radical (unpaired) electrons. The molecule has 0 amide bonds. The number of rotatable bonds is 8. The molecule has 1 heterocycles. The van der Waals surface area contributed by atoms with E-state index < -0.39 is 15.6 Å². The first-order valence-corrected chi connectivity index (χ1v) is 8.97. The SMILES string of the molecule is CC1(NS(=O)(=O)CCCCNC2CC2)CCCOC1. The molecular weight excluding hydrogens is 264 g/mol. The molecule has 0 spiro atoms. The second-order valence-corrected chi connectivity index (χ2v) is 7.92. The highest BCUT2D eigenvalue weighted by Crippen LogP contribution is 2.20. The highest BCUT2D eigenvalue weighted by atomic mass is 32.2. The Morgan fingerprint density at radius 3 is 2.74 bits per heavy atom. The number of hydrogen-bond donors (Lipinski definition) is 2. The van der Waals surface area contributed by atoms with Crippen LogP contribution in [0.25, 0.3) is 0 Å². The number of sulfonamides is 1. The molecule has 1 atom stereocenters. The molecule has 19 heavy (non-hydrogen) atoms. The third-order valence-electron chi connectivity index (χ3n) is 3.69. The molecule has 0 aromatic carbocycles. The van der Waals surface area contributed by atoms with E-state index in [-0.39, 0.29) is 5.75 Å². The van der Waals surface area contributed by atoms with Crippen LogP contribution in [0.5, 0.6) is 0 Å². The van der Waals surface area contributed by atoms with Crippen molar-refractivity contribution >= 4 is 10.0 Å². The molecule has 1 saturated heterocycles. The molecule has 2 N–H and O–H groups in total. The maximum Gasteiger partial charge on any atom is 0.212 e. The van der Waals surface area contributed by atoms with Crippen LogP contribution in [0.15, 0.2) is 0 Å². The van der Waals surface area contributed by atoms with E-state index in [0.717, 1.165) is 32.4 Å². The van der Waals surface area contributed by atoms with E-state index in [9.17, 15) is 8.42 Å². The number of ether oxygens (including phenoxy) is 1. The maximum absolute atomic E-state index is 12.0. The van der Waals surface area contributed by atoms with E-state index in [2.05, 4.69) is 10.0 Å². The Hall–Kier alpha value is -0.170. The molecule has 2 rings (SSSR count). The first kappa shape index (κ1) is 15.2. The smallest absolute Gasteiger partial charge is 0.212 e. The van der Waals surface area contributed by atoms with Crippen molar-refractivity contribution in [2.75, 3.05) is 25.5 Å². The van der Waals surface area contributed by atoms with E-state index in [4.69, 9.17) is 4.74 Å². The molecule has 0 aromatic heterocycles. The van der Waals surface area contributed by atoms with Gasteiger partial charge in [0, 0.05) is 12.6 Å². The van der Waals surface area contributed by atoms with Crippen LogP contribution in [-0.2, 0) is 14.8 Å². The highest BCUT2D eigenvalue weighted by molar-refractivity contribution is 7.89. The summed E-state index contributed by atoms with van der Waals surface area (Å²) >= 11 is 0. The second kappa shape index (κ2) is 6.52. The van der Waals surface area contributed by atoms with E-state index in [0.29, 0.717) is 19.1 Å². The van der Waals surface area contributed by atoms with Gasteiger partial charge in [-0.3, -0.25) is 0 Å². The van der Waals surface area contributed by atoms with Gasteiger partial charge in [0.15, 0.2) is 0 Å². The Morgan fingerprint density at radius 2 is 2.11 bits per heavy atom. The molecule has 1 saturated carbocycles. The van der Waals surface area contributed by atoms with E-state index in [1.807, 2.05) is 6.92 Å². The van der Waals surface area contributed by atoms with Gasteiger partial charge in [0.25, 0.3) is 0 Å². The minimum Gasteiger partial charge on any atom is -0.380 e. The summed E-state index contributed by atoms with van der Waals surface area (Å²) in [6.45, 7) is 4.08. The lowest BCUT2D eigenvalue weighted by Gasteiger charge is -2.33. The van der Waals surface area contributed by atoms with Crippen molar-refractivity contribution in [3.05, 3.63) is 0 Å². The second-order valence-electron chi connectivity index (χ2n) is 6.07. The standard InChI is InChI=1S/C13H26N2O3S/c1-13(7-4-9-18-11-13)15-19(16,17)10-3-2-8-14-12-5-6-12/h12,14-15H,2-11H2,1H3. The lowest BCUT2D eigenvalue weighted by Crippen LogP contribution is -2.52. The van der Waals surface area contributed by atoms with Gasteiger partial charge in [-0.05, 0) is 52.0 Å². The Labute approximate surface area is 116 Å². The largest absolute Gasteiger partial charge is 0.380 e. The van der Waals surface area contributed by atoms with Gasteiger partial charge in [-0.15, -0.1) is 0 Å². The predicted molar refractivity (Wildman–Crippen MR) is 75.6 cm³/mol. The Bertz CT molecular complexity index is 373. The van der Waals surface area contributed by atoms with Gasteiger partial charge >= 0.3 is 0 Å². The van der Waals surface area contributed by atoms with Crippen molar-refractivity contribution in [1.29, 1.82) is 0 Å². The van der Waals surface area contributed by atoms with Gasteiger partial charge in [-0.1, -0.05) is 0 Å². The van der Waals surface area contributed by atoms with E-state index in [1.54, 1.807) is 0 Å². The highest BCUT2D eigenvalue weighted by Gasteiger charge is 2.31. The van der Waals surface area contributed by atoms with Crippen LogP contribution in [0.2, 0.25) is 0 Å². The third-order valence-corrected chi connectivity index (χ3v) is 5.32. The van der Waals surface area contributed by atoms with E-state index in [1.165, 1.54) is 12.8 Å². The molecule has 0 bridgehead atoms. The summed E-state index contributed by atoms with van der Waals surface area (Å²) in [6, 6.07) is 0.702. The summed E-state index contributed by atoms with van der Waals surface area (Å²) in [7, 11) is -3.18. The normalized spacial score (nSPS) is 28.5. The van der Waals surface area contributed by atoms with Crippen molar-refractivity contribution < 1.29 is 13.2 Å². The molecule has 5 nitrogen and oxygen atoms in total. The zero-order chi connectivity index (χ0) is 13.8. The fraction of sp³-hybridized carbons (Fsp3) is 1.00. The fourth-order valence-corrected chi connectivity index (χ4v) is 4.05. The van der Waals surface area contributed by atoms with E-state index >= 15 is 0 Å². The molecular formula is C13H26N2O3S. The average molecular weight is 290 g/mol. The quantitative estimate of drug-likeness (QED) is 0.655. The summed E-state index contributed by atoms with van der Waals surface area (Å²) in [5.41, 5.74) is -0.413. The molecule has 1 aliphatic heterocycles. The van der Waals surface area contributed by atoms with Gasteiger partial charge in [0.05, 0.1) is 17.9 Å². The number of nitrogens with one attached hydrogen (secondary N) is 2. The van der Waals surface area contributed by atoms with Crippen LogP contribution in [0.3, 0.4) is 0 Å². The van der Waals surface area contributed by atoms with Crippen LogP contribution in [0.4, 0.5) is 0 Å². The lowest BCUT2D eigenvalue weighted by molar-refractivity contribution is 0.0386. The zero-order valence-electron chi connectivity index (χ0n) is 11.8. The summed E-state index contributed by atoms with van der Waals surface area (Å²) < 4.78 is 32.2. The van der Waals surface area contributed by atoms with Gasteiger partial charge < -0.3 is 10.1 Å². The van der Waals surface area contributed by atoms with Crippen molar-refractivity contribution in [1.82, 2.24) is 10.0 Å². The zero-order valence-corrected chi connectivity index (χ0v) is 12.6. The minimum atomic E-state index is -3.18. The van der Waals surface area contributed by atoms with Gasteiger partial charge in [0.2, 0.25) is 10.0 Å². The average Bonchev–Trinajstić information content (AvgIpc) is 3.12. The first-order chi connectivity index (χ1) is 8.99. The molecule has 2 fully saturated rings. The molecule has 1 aliphatic carbocycles. The first-order valence-electron chi connectivity index (χ1n) is 7.32. The van der Waals surface area contributed by atoms with Crippen LogP contribution in [0, 0.1) is 0 Å². The molecule has 2 aliphatic rings. The van der Waals surface area contributed by atoms with Gasteiger partial charge in [-0.25, -0.2) is 13.1 Å². The summed E-state index contributed by atoms with van der Waals surface area (Å²) in [5.74, 6) is 0.217. The topological polar surface area (TPSA) is 67.4 Å². The van der Waals surface area contributed by atoms with Crippen LogP contribution in [-0.4, -0.2) is 45.5 Å². The monoisotopic (exact) mass is 290 g/mol. The predicted octanol–water partition coefficient (Wildman–Crippen LogP) is 1.01. The van der Waals surface area contributed by atoms with Crippen molar-refractivity contribution in [2.45, 2.75) is 57.0 Å². The molecule has 1 unspecified atom stereocenters. The summed E-state index contributed by atoms with van der Waals surface area (Å²) in [4.78, 5) is 0. The van der Waals surface area contributed by atoms with Crippen molar-refractivity contribution in [2.24, 2.45) is 0 Å². The van der Waals surface area contributed by atoms with Crippen molar-refractivity contribution in [3.63, 3.8) is 0 Å². The molecule has 0 aromatic rings. The van der Waals surface area contributed by atoms with Crippen LogP contribution >= 0.6 is 0 Å².